The summed E-state index contributed by atoms with van der Waals surface area (Å²) in [4.78, 5) is 31.9. The number of halogens is 3. The first-order chi connectivity index (χ1) is 19.4. The van der Waals surface area contributed by atoms with Crippen LogP contribution in [-0.2, 0) is 24.3 Å². The van der Waals surface area contributed by atoms with Crippen molar-refractivity contribution in [3.8, 4) is 16.9 Å². The van der Waals surface area contributed by atoms with Crippen molar-refractivity contribution in [1.29, 1.82) is 0 Å². The Kier molecular flexibility index (Phi) is 7.68. The van der Waals surface area contributed by atoms with Crippen LogP contribution in [0.15, 0.2) is 60.9 Å². The lowest BCUT2D eigenvalue weighted by Gasteiger charge is -2.34. The normalized spacial score (nSPS) is 18.3. The molecule has 1 saturated carbocycles. The van der Waals surface area contributed by atoms with E-state index in [1.54, 1.807) is 23.4 Å². The van der Waals surface area contributed by atoms with Gasteiger partial charge in [0.15, 0.2) is 0 Å². The summed E-state index contributed by atoms with van der Waals surface area (Å²) in [5, 5.41) is 6.06. The van der Waals surface area contributed by atoms with Crippen molar-refractivity contribution in [2.75, 3.05) is 6.54 Å². The molecule has 0 saturated heterocycles. The molecule has 2 N–H and O–H groups in total. The molecule has 3 aromatic rings. The predicted molar refractivity (Wildman–Crippen MR) is 148 cm³/mol. The predicted octanol–water partition coefficient (Wildman–Crippen LogP) is 5.93. The first-order valence-corrected chi connectivity index (χ1v) is 13.6. The maximum atomic E-state index is 13.0. The number of hydrogen-bond acceptors (Lipinski definition) is 4. The van der Waals surface area contributed by atoms with Gasteiger partial charge in [-0.3, -0.25) is 9.78 Å². The molecule has 2 aromatic carbocycles. The van der Waals surface area contributed by atoms with Gasteiger partial charge in [0.25, 0.3) is 0 Å². The number of nitrogens with zero attached hydrogens (tertiary/aromatic N) is 2. The van der Waals surface area contributed by atoms with Crippen LogP contribution in [0, 0.1) is 5.92 Å². The second kappa shape index (κ2) is 11.1. The summed E-state index contributed by atoms with van der Waals surface area (Å²) in [6, 6.07) is 13.3. The summed E-state index contributed by atoms with van der Waals surface area (Å²) in [6.45, 7) is 6.78. The van der Waals surface area contributed by atoms with Crippen molar-refractivity contribution in [2.24, 2.45) is 5.92 Å². The van der Waals surface area contributed by atoms with E-state index in [0.717, 1.165) is 34.2 Å². The zero-order valence-electron chi connectivity index (χ0n) is 23.2. The Morgan fingerprint density at radius 1 is 1.07 bits per heavy atom. The summed E-state index contributed by atoms with van der Waals surface area (Å²) in [7, 11) is 0. The van der Waals surface area contributed by atoms with Crippen LogP contribution in [0.4, 0.5) is 18.0 Å². The number of carbonyl (C=O) groups is 2. The van der Waals surface area contributed by atoms with Crippen LogP contribution in [0.2, 0.25) is 0 Å². The third-order valence-corrected chi connectivity index (χ3v) is 7.35. The van der Waals surface area contributed by atoms with E-state index in [9.17, 15) is 22.8 Å². The Morgan fingerprint density at radius 3 is 2.59 bits per heavy atom. The lowest BCUT2D eigenvalue weighted by molar-refractivity contribution is -0.274. The Balaban J connectivity index is 1.40. The highest BCUT2D eigenvalue weighted by Crippen LogP contribution is 2.47. The smallest absolute Gasteiger partial charge is 0.406 e. The fraction of sp³-hybridized carbons (Fsp3) is 0.387. The molecule has 5 rings (SSSR count). The lowest BCUT2D eigenvalue weighted by Crippen LogP contribution is -2.50. The monoisotopic (exact) mass is 566 g/mol. The van der Waals surface area contributed by atoms with Crippen LogP contribution in [-0.4, -0.2) is 40.3 Å². The largest absolute Gasteiger partial charge is 0.573 e. The van der Waals surface area contributed by atoms with E-state index in [1.165, 1.54) is 18.2 Å². The van der Waals surface area contributed by atoms with E-state index in [-0.39, 0.29) is 36.1 Å². The molecule has 1 aliphatic heterocycles. The molecule has 1 aliphatic carbocycles. The van der Waals surface area contributed by atoms with Gasteiger partial charge in [0.05, 0.1) is 0 Å². The third kappa shape index (κ3) is 6.99. The molecule has 1 aromatic heterocycles. The number of amides is 3. The number of urea groups is 1. The molecule has 0 radical (unpaired) electrons. The molecule has 3 amide bonds. The van der Waals surface area contributed by atoms with Crippen molar-refractivity contribution in [2.45, 2.75) is 64.5 Å². The fourth-order valence-corrected chi connectivity index (χ4v) is 5.37. The van der Waals surface area contributed by atoms with Crippen LogP contribution in [0.3, 0.4) is 0 Å². The molecule has 0 bridgehead atoms. The van der Waals surface area contributed by atoms with Gasteiger partial charge in [0.1, 0.15) is 5.75 Å². The highest BCUT2D eigenvalue weighted by Gasteiger charge is 2.44. The number of ether oxygens (including phenoxy) is 1. The average molecular weight is 567 g/mol. The van der Waals surface area contributed by atoms with E-state index < -0.39 is 11.9 Å². The molecule has 2 atom stereocenters. The van der Waals surface area contributed by atoms with Gasteiger partial charge in [-0.1, -0.05) is 30.3 Å². The van der Waals surface area contributed by atoms with Crippen molar-refractivity contribution in [1.82, 2.24) is 20.5 Å². The van der Waals surface area contributed by atoms with Crippen LogP contribution in [0.25, 0.3) is 11.1 Å². The Hall–Kier alpha value is -4.08. The zero-order chi connectivity index (χ0) is 29.4. The Morgan fingerprint density at radius 2 is 1.88 bits per heavy atom. The lowest BCUT2D eigenvalue weighted by atomic mass is 9.87. The highest BCUT2D eigenvalue weighted by molar-refractivity contribution is 5.83. The molecule has 10 heteroatoms. The molecule has 0 spiro atoms. The minimum Gasteiger partial charge on any atom is -0.406 e. The van der Waals surface area contributed by atoms with E-state index in [2.05, 4.69) is 20.4 Å². The van der Waals surface area contributed by atoms with E-state index in [4.69, 9.17) is 0 Å². The summed E-state index contributed by atoms with van der Waals surface area (Å²) in [5.74, 6) is -0.288. The molecular weight excluding hydrogens is 533 g/mol. The van der Waals surface area contributed by atoms with Crippen LogP contribution in [0.1, 0.15) is 55.4 Å². The quantitative estimate of drug-likeness (QED) is 0.387. The summed E-state index contributed by atoms with van der Waals surface area (Å²) < 4.78 is 42.7. The number of aromatic nitrogens is 1. The van der Waals surface area contributed by atoms with Gasteiger partial charge in [0, 0.05) is 43.5 Å². The number of hydrogen-bond donors (Lipinski definition) is 2. The first-order valence-electron chi connectivity index (χ1n) is 13.6. The Labute approximate surface area is 237 Å². The summed E-state index contributed by atoms with van der Waals surface area (Å²) >= 11 is 0. The van der Waals surface area contributed by atoms with Gasteiger partial charge in [-0.2, -0.15) is 0 Å². The summed E-state index contributed by atoms with van der Waals surface area (Å²) in [5.41, 5.74) is 4.70. The third-order valence-electron chi connectivity index (χ3n) is 7.35. The second-order valence-corrected chi connectivity index (χ2v) is 11.6. The van der Waals surface area contributed by atoms with E-state index >= 15 is 0 Å². The number of nitrogens with one attached hydrogen (secondary N) is 2. The molecule has 2 aliphatic rings. The van der Waals surface area contributed by atoms with Crippen LogP contribution in [0.5, 0.6) is 5.75 Å². The SMILES string of the molecule is CC(C)(C)NC(=O)N1CCc2c(-c3cccc(OC(F)(F)F)c3)ccc(CNC(=O)C3CC3c3cccnc3)c2C1. The highest BCUT2D eigenvalue weighted by atomic mass is 19.4. The molecule has 216 valence electrons. The molecular formula is C31H33F3N4O3. The molecule has 1 fully saturated rings. The standard InChI is InChI=1S/C31H33F3N4O3/c1-30(2,3)37-29(40)38-13-11-24-23(19-6-4-8-22(14-19)41-31(32,33)34)10-9-21(27(24)18-38)17-36-28(39)26-15-25(26)20-7-5-12-35-16-20/h4-10,12,14,16,25-26H,11,13,15,17-18H2,1-3H3,(H,36,39)(H,37,40). The number of alkyl halides is 3. The van der Waals surface area contributed by atoms with Crippen LogP contribution < -0.4 is 15.4 Å². The van der Waals surface area contributed by atoms with Gasteiger partial charge < -0.3 is 20.3 Å². The van der Waals surface area contributed by atoms with Crippen molar-refractivity contribution in [3.05, 3.63) is 83.2 Å². The number of carbonyl (C=O) groups excluding carboxylic acids is 2. The van der Waals surface area contributed by atoms with Crippen LogP contribution >= 0.6 is 0 Å². The number of pyridine rings is 1. The number of rotatable bonds is 6. The molecule has 7 nitrogen and oxygen atoms in total. The molecule has 2 heterocycles. The minimum absolute atomic E-state index is 0.0354. The van der Waals surface area contributed by atoms with Crippen molar-refractivity contribution >= 4 is 11.9 Å². The van der Waals surface area contributed by atoms with E-state index in [1.807, 2.05) is 45.0 Å². The van der Waals surface area contributed by atoms with Gasteiger partial charge in [-0.25, -0.2) is 4.79 Å². The Bertz CT molecular complexity index is 1440. The van der Waals surface area contributed by atoms with Gasteiger partial charge >= 0.3 is 12.4 Å². The maximum Gasteiger partial charge on any atom is 0.573 e. The maximum absolute atomic E-state index is 13.0. The van der Waals surface area contributed by atoms with Gasteiger partial charge in [0.2, 0.25) is 5.91 Å². The molecule has 41 heavy (non-hydrogen) atoms. The zero-order valence-corrected chi connectivity index (χ0v) is 23.2. The number of benzene rings is 2. The van der Waals surface area contributed by atoms with E-state index in [0.29, 0.717) is 25.1 Å². The molecule has 2 unspecified atom stereocenters. The van der Waals surface area contributed by atoms with Gasteiger partial charge in [-0.15, -0.1) is 13.2 Å². The van der Waals surface area contributed by atoms with Crippen molar-refractivity contribution < 1.29 is 27.5 Å². The first kappa shape index (κ1) is 28.4. The fourth-order valence-electron chi connectivity index (χ4n) is 5.37. The number of fused-ring (bicyclic) bond motifs is 1. The average Bonchev–Trinajstić information content (AvgIpc) is 3.71. The topological polar surface area (TPSA) is 83.6 Å². The second-order valence-electron chi connectivity index (χ2n) is 11.6. The minimum atomic E-state index is -4.79. The van der Waals surface area contributed by atoms with Crippen molar-refractivity contribution in [3.63, 3.8) is 0 Å². The summed E-state index contributed by atoms with van der Waals surface area (Å²) in [6.07, 6.45) is -0.0121. The van der Waals surface area contributed by atoms with Gasteiger partial charge in [-0.05, 0) is 91.1 Å².